The van der Waals surface area contributed by atoms with Crippen molar-refractivity contribution in [3.63, 3.8) is 0 Å². The first-order valence-electron chi connectivity index (χ1n) is 7.13. The molecule has 0 unspecified atom stereocenters. The highest BCUT2D eigenvalue weighted by molar-refractivity contribution is 5.73. The fourth-order valence-electron chi connectivity index (χ4n) is 2.82. The Kier molecular flexibility index (Phi) is 4.59. The largest absolute Gasteiger partial charge is 0.337 e. The lowest BCUT2D eigenvalue weighted by Gasteiger charge is -2.43. The molecule has 0 N–H and O–H groups in total. The van der Waals surface area contributed by atoms with Gasteiger partial charge in [-0.15, -0.1) is 0 Å². The lowest BCUT2D eigenvalue weighted by Crippen LogP contribution is -2.56. The van der Waals surface area contributed by atoms with Crippen molar-refractivity contribution in [1.29, 1.82) is 0 Å². The third-order valence-corrected chi connectivity index (χ3v) is 3.96. The summed E-state index contributed by atoms with van der Waals surface area (Å²) in [5.41, 5.74) is 1.31. The molecule has 1 aromatic carbocycles. The molecule has 1 saturated heterocycles. The third-order valence-electron chi connectivity index (χ3n) is 3.96. The molecule has 104 valence electrons. The fraction of sp³-hybridized carbons (Fsp3) is 0.562. The summed E-state index contributed by atoms with van der Waals surface area (Å²) in [4.78, 5) is 16.3. The van der Waals surface area contributed by atoms with Crippen molar-refractivity contribution in [2.45, 2.75) is 39.3 Å². The van der Waals surface area contributed by atoms with E-state index in [9.17, 15) is 4.79 Å². The molecule has 1 aliphatic rings. The van der Waals surface area contributed by atoms with Crippen molar-refractivity contribution in [2.75, 3.05) is 19.6 Å². The van der Waals surface area contributed by atoms with Crippen LogP contribution in [0, 0.1) is 0 Å². The zero-order valence-corrected chi connectivity index (χ0v) is 12.2. The second-order valence-corrected chi connectivity index (χ2v) is 5.64. The molecule has 1 heterocycles. The van der Waals surface area contributed by atoms with Crippen molar-refractivity contribution in [3.8, 4) is 0 Å². The number of hydrogen-bond acceptors (Lipinski definition) is 2. The number of benzene rings is 1. The topological polar surface area (TPSA) is 23.6 Å². The summed E-state index contributed by atoms with van der Waals surface area (Å²) in [7, 11) is 0. The molecule has 3 heteroatoms. The number of rotatable bonds is 3. The molecule has 0 spiro atoms. The Morgan fingerprint density at radius 3 is 2.53 bits per heavy atom. The number of carbonyl (C=O) groups is 1. The van der Waals surface area contributed by atoms with Gasteiger partial charge in [-0.05, 0) is 25.8 Å². The van der Waals surface area contributed by atoms with Crippen LogP contribution in [0.5, 0.6) is 0 Å². The van der Waals surface area contributed by atoms with Crippen LogP contribution in [0.25, 0.3) is 0 Å². The van der Waals surface area contributed by atoms with Gasteiger partial charge in [-0.25, -0.2) is 0 Å². The highest BCUT2D eigenvalue weighted by Gasteiger charge is 2.29. The zero-order valence-electron chi connectivity index (χ0n) is 12.2. The maximum Gasteiger partial charge on any atom is 0.219 e. The molecule has 1 aromatic rings. The molecule has 19 heavy (non-hydrogen) atoms. The molecule has 1 fully saturated rings. The summed E-state index contributed by atoms with van der Waals surface area (Å²) in [6.45, 7) is 8.95. The van der Waals surface area contributed by atoms with Crippen LogP contribution in [-0.4, -0.2) is 47.4 Å². The van der Waals surface area contributed by atoms with Crippen molar-refractivity contribution < 1.29 is 4.79 Å². The number of carbonyl (C=O) groups excluding carboxylic acids is 1. The van der Waals surface area contributed by atoms with Crippen LogP contribution in [0.3, 0.4) is 0 Å². The van der Waals surface area contributed by atoms with E-state index in [4.69, 9.17) is 0 Å². The molecule has 1 amide bonds. The van der Waals surface area contributed by atoms with Crippen molar-refractivity contribution in [2.24, 2.45) is 0 Å². The summed E-state index contributed by atoms with van der Waals surface area (Å²) in [6.07, 6.45) is 0.948. The Hall–Kier alpha value is -1.35. The van der Waals surface area contributed by atoms with Gasteiger partial charge in [-0.1, -0.05) is 30.3 Å². The Labute approximate surface area is 116 Å². The first-order chi connectivity index (χ1) is 9.08. The predicted octanol–water partition coefficient (Wildman–Crippen LogP) is 2.17. The monoisotopic (exact) mass is 260 g/mol. The van der Waals surface area contributed by atoms with Gasteiger partial charge >= 0.3 is 0 Å². The van der Waals surface area contributed by atoms with Crippen LogP contribution in [0.4, 0.5) is 0 Å². The molecule has 0 radical (unpaired) electrons. The van der Waals surface area contributed by atoms with Gasteiger partial charge in [-0.2, -0.15) is 0 Å². The van der Waals surface area contributed by atoms with Gasteiger partial charge in [0, 0.05) is 38.6 Å². The lowest BCUT2D eigenvalue weighted by molar-refractivity contribution is -0.134. The van der Waals surface area contributed by atoms with Gasteiger partial charge in [0.1, 0.15) is 0 Å². The molecule has 0 saturated carbocycles. The SMILES string of the molecule is CC(=O)N1CCN(C(C)C)C[C@@H]1Cc1ccccc1. The number of piperazine rings is 1. The number of hydrogen-bond donors (Lipinski definition) is 0. The van der Waals surface area contributed by atoms with E-state index in [0.717, 1.165) is 26.1 Å². The minimum atomic E-state index is 0.198. The Bertz CT molecular complexity index is 416. The summed E-state index contributed by atoms with van der Waals surface area (Å²) in [5.74, 6) is 0.198. The first kappa shape index (κ1) is 14.1. The Morgan fingerprint density at radius 1 is 1.26 bits per heavy atom. The zero-order chi connectivity index (χ0) is 13.8. The normalized spacial score (nSPS) is 20.8. The maximum atomic E-state index is 11.8. The second kappa shape index (κ2) is 6.20. The quantitative estimate of drug-likeness (QED) is 0.831. The van der Waals surface area contributed by atoms with Crippen molar-refractivity contribution >= 4 is 5.91 Å². The maximum absolute atomic E-state index is 11.8. The Balaban J connectivity index is 2.09. The summed E-state index contributed by atoms with van der Waals surface area (Å²) in [6, 6.07) is 11.3. The smallest absolute Gasteiger partial charge is 0.219 e. The Morgan fingerprint density at radius 2 is 1.95 bits per heavy atom. The van der Waals surface area contributed by atoms with E-state index < -0.39 is 0 Å². The standard InChI is InChI=1S/C16H24N2O/c1-13(2)17-9-10-18(14(3)19)16(12-17)11-15-7-5-4-6-8-15/h4-8,13,16H,9-12H2,1-3H3/t16-/m0/s1. The minimum Gasteiger partial charge on any atom is -0.337 e. The van der Waals surface area contributed by atoms with Crippen LogP contribution in [0.2, 0.25) is 0 Å². The van der Waals surface area contributed by atoms with Crippen LogP contribution < -0.4 is 0 Å². The molecule has 0 aliphatic carbocycles. The summed E-state index contributed by atoms with van der Waals surface area (Å²) in [5, 5.41) is 0. The minimum absolute atomic E-state index is 0.198. The molecule has 3 nitrogen and oxygen atoms in total. The number of amides is 1. The molecule has 0 bridgehead atoms. The van der Waals surface area contributed by atoms with Crippen LogP contribution in [0.15, 0.2) is 30.3 Å². The second-order valence-electron chi connectivity index (χ2n) is 5.64. The van der Waals surface area contributed by atoms with Gasteiger partial charge in [-0.3, -0.25) is 9.69 Å². The van der Waals surface area contributed by atoms with Gasteiger partial charge in [0.25, 0.3) is 0 Å². The number of nitrogens with zero attached hydrogens (tertiary/aromatic N) is 2. The van der Waals surface area contributed by atoms with E-state index in [-0.39, 0.29) is 5.91 Å². The fourth-order valence-corrected chi connectivity index (χ4v) is 2.82. The van der Waals surface area contributed by atoms with Crippen LogP contribution in [-0.2, 0) is 11.2 Å². The molecule has 0 aromatic heterocycles. The summed E-state index contributed by atoms with van der Waals surface area (Å²) >= 11 is 0. The molecular weight excluding hydrogens is 236 g/mol. The average molecular weight is 260 g/mol. The van der Waals surface area contributed by atoms with Gasteiger partial charge in [0.2, 0.25) is 5.91 Å². The third kappa shape index (κ3) is 3.57. The predicted molar refractivity (Wildman–Crippen MR) is 78.0 cm³/mol. The van der Waals surface area contributed by atoms with Crippen molar-refractivity contribution in [3.05, 3.63) is 35.9 Å². The van der Waals surface area contributed by atoms with E-state index in [0.29, 0.717) is 12.1 Å². The first-order valence-corrected chi connectivity index (χ1v) is 7.13. The van der Waals surface area contributed by atoms with Crippen LogP contribution >= 0.6 is 0 Å². The van der Waals surface area contributed by atoms with E-state index in [1.54, 1.807) is 6.92 Å². The molecule has 1 aliphatic heterocycles. The van der Waals surface area contributed by atoms with E-state index in [1.165, 1.54) is 5.56 Å². The van der Waals surface area contributed by atoms with Gasteiger partial charge in [0.05, 0.1) is 0 Å². The van der Waals surface area contributed by atoms with E-state index in [2.05, 4.69) is 43.0 Å². The van der Waals surface area contributed by atoms with E-state index in [1.807, 2.05) is 11.0 Å². The van der Waals surface area contributed by atoms with Gasteiger partial charge in [0.15, 0.2) is 0 Å². The lowest BCUT2D eigenvalue weighted by atomic mass is 10.0. The average Bonchev–Trinajstić information content (AvgIpc) is 2.39. The highest BCUT2D eigenvalue weighted by atomic mass is 16.2. The summed E-state index contributed by atoms with van der Waals surface area (Å²) < 4.78 is 0. The highest BCUT2D eigenvalue weighted by Crippen LogP contribution is 2.17. The van der Waals surface area contributed by atoms with Crippen molar-refractivity contribution in [1.82, 2.24) is 9.80 Å². The van der Waals surface area contributed by atoms with Gasteiger partial charge < -0.3 is 4.90 Å². The van der Waals surface area contributed by atoms with E-state index >= 15 is 0 Å². The molecular formula is C16H24N2O. The van der Waals surface area contributed by atoms with Crippen LogP contribution in [0.1, 0.15) is 26.3 Å². The molecule has 1 atom stereocenters. The molecule has 2 rings (SSSR count).